The lowest BCUT2D eigenvalue weighted by atomic mass is 10.0. The largest absolute Gasteiger partial charge is 0.465 e. The third-order valence-electron chi connectivity index (χ3n) is 4.16. The van der Waals surface area contributed by atoms with Crippen LogP contribution < -0.4 is 11.1 Å². The number of hydrogen-bond acceptors (Lipinski definition) is 4. The molecule has 1 amide bonds. The van der Waals surface area contributed by atoms with Crippen molar-refractivity contribution >= 4 is 18.3 Å². The summed E-state index contributed by atoms with van der Waals surface area (Å²) in [5, 5.41) is 2.98. The van der Waals surface area contributed by atoms with Crippen LogP contribution in [0.5, 0.6) is 0 Å². The van der Waals surface area contributed by atoms with Crippen molar-refractivity contribution in [3.8, 4) is 0 Å². The molecule has 2 heterocycles. The van der Waals surface area contributed by atoms with E-state index in [2.05, 4.69) is 10.2 Å². The van der Waals surface area contributed by atoms with Gasteiger partial charge in [0.2, 0.25) is 5.91 Å². The van der Waals surface area contributed by atoms with E-state index in [1.165, 1.54) is 12.8 Å². The van der Waals surface area contributed by atoms with E-state index in [0.717, 1.165) is 24.6 Å². The highest BCUT2D eigenvalue weighted by Gasteiger charge is 2.27. The van der Waals surface area contributed by atoms with E-state index in [4.69, 9.17) is 10.2 Å². The van der Waals surface area contributed by atoms with Crippen LogP contribution in [0.3, 0.4) is 0 Å². The summed E-state index contributed by atoms with van der Waals surface area (Å²) >= 11 is 0. The maximum Gasteiger partial charge on any atom is 0.237 e. The molecule has 5 nitrogen and oxygen atoms in total. The molecule has 0 aliphatic carbocycles. The second-order valence-electron chi connectivity index (χ2n) is 6.22. The molecule has 1 aliphatic rings. The number of nitrogens with one attached hydrogen (secondary N) is 1. The molecule has 0 spiro atoms. The van der Waals surface area contributed by atoms with Crippen molar-refractivity contribution in [1.29, 1.82) is 0 Å². The van der Waals surface area contributed by atoms with Gasteiger partial charge in [-0.25, -0.2) is 0 Å². The second-order valence-corrected chi connectivity index (χ2v) is 6.22. The molecule has 0 bridgehead atoms. The summed E-state index contributed by atoms with van der Waals surface area (Å²) in [7, 11) is 0. The molecule has 0 saturated carbocycles. The van der Waals surface area contributed by atoms with Gasteiger partial charge in [0.25, 0.3) is 0 Å². The molecule has 1 aliphatic heterocycles. The molecule has 1 fully saturated rings. The van der Waals surface area contributed by atoms with E-state index in [9.17, 15) is 4.79 Å². The molecule has 1 aromatic rings. The lowest BCUT2D eigenvalue weighted by Gasteiger charge is -2.27. The van der Waals surface area contributed by atoms with Crippen LogP contribution in [-0.2, 0) is 4.79 Å². The van der Waals surface area contributed by atoms with Gasteiger partial charge in [0, 0.05) is 6.54 Å². The number of carbonyl (C=O) groups is 1. The molecule has 126 valence electrons. The van der Waals surface area contributed by atoms with E-state index in [1.807, 2.05) is 32.9 Å². The second kappa shape index (κ2) is 8.56. The Morgan fingerprint density at radius 2 is 2.00 bits per heavy atom. The fourth-order valence-electron chi connectivity index (χ4n) is 2.71. The van der Waals surface area contributed by atoms with Crippen LogP contribution in [0.4, 0.5) is 0 Å². The highest BCUT2D eigenvalue weighted by Crippen LogP contribution is 2.26. The molecular weight excluding hydrogens is 302 g/mol. The van der Waals surface area contributed by atoms with Crippen molar-refractivity contribution in [2.75, 3.05) is 19.6 Å². The molecule has 1 aromatic heterocycles. The molecular formula is C16H28ClN3O2. The summed E-state index contributed by atoms with van der Waals surface area (Å²) in [6.45, 7) is 8.51. The van der Waals surface area contributed by atoms with E-state index in [-0.39, 0.29) is 30.3 Å². The summed E-state index contributed by atoms with van der Waals surface area (Å²) < 4.78 is 5.77. The van der Waals surface area contributed by atoms with Crippen molar-refractivity contribution in [1.82, 2.24) is 10.2 Å². The van der Waals surface area contributed by atoms with Crippen LogP contribution in [0.15, 0.2) is 16.5 Å². The van der Waals surface area contributed by atoms with Gasteiger partial charge in [0.05, 0.1) is 12.1 Å². The first-order valence-electron chi connectivity index (χ1n) is 7.82. The summed E-state index contributed by atoms with van der Waals surface area (Å²) in [5.74, 6) is 1.88. The monoisotopic (exact) mass is 329 g/mol. The number of carbonyl (C=O) groups excluding carboxylic acids is 1. The van der Waals surface area contributed by atoms with Gasteiger partial charge in [0.15, 0.2) is 0 Å². The Kier molecular flexibility index (Phi) is 7.39. The standard InChI is InChI=1S/C16H27N3O2.ClH/c1-11(2)15(17)16(20)18-10-13(19-8-4-5-9-19)14-7-6-12(3)21-14;/h6-7,11,13,15H,4-5,8-10,17H2,1-3H3,(H,18,20);1H/t13?,15-;/m0./s1. The third kappa shape index (κ3) is 4.73. The average Bonchev–Trinajstić information content (AvgIpc) is 3.10. The third-order valence-corrected chi connectivity index (χ3v) is 4.16. The number of hydrogen-bond donors (Lipinski definition) is 2. The highest BCUT2D eigenvalue weighted by atomic mass is 35.5. The predicted octanol–water partition coefficient (Wildman–Crippen LogP) is 2.25. The minimum atomic E-state index is -0.456. The Morgan fingerprint density at radius 1 is 1.36 bits per heavy atom. The van der Waals surface area contributed by atoms with Crippen molar-refractivity contribution in [2.45, 2.75) is 45.7 Å². The smallest absolute Gasteiger partial charge is 0.237 e. The number of rotatable bonds is 6. The Labute approximate surface area is 139 Å². The number of nitrogens with two attached hydrogens (primary N) is 1. The number of amides is 1. The lowest BCUT2D eigenvalue weighted by Crippen LogP contribution is -2.46. The van der Waals surface area contributed by atoms with Crippen molar-refractivity contribution in [3.63, 3.8) is 0 Å². The minimum absolute atomic E-state index is 0. The first kappa shape index (κ1) is 19.0. The zero-order valence-electron chi connectivity index (χ0n) is 13.7. The summed E-state index contributed by atoms with van der Waals surface area (Å²) in [4.78, 5) is 14.4. The summed E-state index contributed by atoms with van der Waals surface area (Å²) in [6.07, 6.45) is 2.41. The maximum atomic E-state index is 12.1. The summed E-state index contributed by atoms with van der Waals surface area (Å²) in [5.41, 5.74) is 5.89. The Balaban J connectivity index is 0.00000242. The lowest BCUT2D eigenvalue weighted by molar-refractivity contribution is -0.123. The molecule has 2 rings (SSSR count). The Bertz CT molecular complexity index is 470. The molecule has 6 heteroatoms. The first-order valence-corrected chi connectivity index (χ1v) is 7.82. The van der Waals surface area contributed by atoms with E-state index >= 15 is 0 Å². The van der Waals surface area contributed by atoms with E-state index < -0.39 is 6.04 Å². The van der Waals surface area contributed by atoms with Gasteiger partial charge < -0.3 is 15.5 Å². The topological polar surface area (TPSA) is 71.5 Å². The van der Waals surface area contributed by atoms with Crippen LogP contribution in [0.25, 0.3) is 0 Å². The van der Waals surface area contributed by atoms with E-state index in [0.29, 0.717) is 6.54 Å². The van der Waals surface area contributed by atoms with Gasteiger partial charge in [-0.1, -0.05) is 13.8 Å². The predicted molar refractivity (Wildman–Crippen MR) is 90.1 cm³/mol. The quantitative estimate of drug-likeness (QED) is 0.839. The summed E-state index contributed by atoms with van der Waals surface area (Å²) in [6, 6.07) is 3.62. The maximum absolute atomic E-state index is 12.1. The zero-order valence-corrected chi connectivity index (χ0v) is 14.5. The minimum Gasteiger partial charge on any atom is -0.465 e. The van der Waals surface area contributed by atoms with Crippen LogP contribution in [0.1, 0.15) is 44.3 Å². The number of aryl methyl sites for hydroxylation is 1. The van der Waals surface area contributed by atoms with Crippen molar-refractivity contribution in [2.24, 2.45) is 11.7 Å². The number of halogens is 1. The number of nitrogens with zero attached hydrogens (tertiary/aromatic N) is 1. The van der Waals surface area contributed by atoms with Crippen molar-refractivity contribution in [3.05, 3.63) is 23.7 Å². The van der Waals surface area contributed by atoms with Crippen LogP contribution in [-0.4, -0.2) is 36.5 Å². The van der Waals surface area contributed by atoms with Crippen LogP contribution in [0.2, 0.25) is 0 Å². The van der Waals surface area contributed by atoms with Crippen LogP contribution in [0, 0.1) is 12.8 Å². The highest BCUT2D eigenvalue weighted by molar-refractivity contribution is 5.85. The van der Waals surface area contributed by atoms with Crippen LogP contribution >= 0.6 is 12.4 Å². The Hall–Kier alpha value is -1.04. The van der Waals surface area contributed by atoms with E-state index in [1.54, 1.807) is 0 Å². The Morgan fingerprint density at radius 3 is 2.50 bits per heavy atom. The van der Waals surface area contributed by atoms with Crippen molar-refractivity contribution < 1.29 is 9.21 Å². The molecule has 0 aromatic carbocycles. The molecule has 0 radical (unpaired) electrons. The first-order chi connectivity index (χ1) is 9.99. The average molecular weight is 330 g/mol. The van der Waals surface area contributed by atoms with Gasteiger partial charge in [-0.3, -0.25) is 9.69 Å². The molecule has 2 atom stereocenters. The number of likely N-dealkylation sites (tertiary alicyclic amines) is 1. The van der Waals surface area contributed by atoms with Gasteiger partial charge >= 0.3 is 0 Å². The zero-order chi connectivity index (χ0) is 15.4. The molecule has 1 unspecified atom stereocenters. The fourth-order valence-corrected chi connectivity index (χ4v) is 2.71. The van der Waals surface area contributed by atoms with Gasteiger partial charge in [-0.05, 0) is 50.9 Å². The molecule has 1 saturated heterocycles. The molecule has 3 N–H and O–H groups in total. The normalized spacial score (nSPS) is 18.0. The van der Waals surface area contributed by atoms with Gasteiger partial charge in [-0.15, -0.1) is 12.4 Å². The fraction of sp³-hybridized carbons (Fsp3) is 0.688. The SMILES string of the molecule is Cc1ccc(C(CNC(=O)[C@@H](N)C(C)C)N2CCCC2)o1.Cl. The van der Waals surface area contributed by atoms with Gasteiger partial charge in [0.1, 0.15) is 11.5 Å². The number of furan rings is 1. The molecule has 22 heavy (non-hydrogen) atoms. The van der Waals surface area contributed by atoms with Gasteiger partial charge in [-0.2, -0.15) is 0 Å².